The van der Waals surface area contributed by atoms with Gasteiger partial charge in [-0.15, -0.1) is 0 Å². The second-order valence-electron chi connectivity index (χ2n) is 7.69. The number of nitrogens with one attached hydrogen (secondary N) is 1. The highest BCUT2D eigenvalue weighted by Crippen LogP contribution is 2.63. The molecule has 3 nitrogen and oxygen atoms in total. The molecule has 0 unspecified atom stereocenters. The van der Waals surface area contributed by atoms with Gasteiger partial charge in [-0.3, -0.25) is 0 Å². The molecular weight excluding hydrogens is 317 g/mol. The Kier molecular flexibility index (Phi) is 3.18. The van der Waals surface area contributed by atoms with Gasteiger partial charge in [0, 0.05) is 11.3 Å². The Hall–Kier alpha value is -2.36. The van der Waals surface area contributed by atoms with Crippen molar-refractivity contribution in [3.63, 3.8) is 0 Å². The van der Waals surface area contributed by atoms with Crippen LogP contribution >= 0.6 is 0 Å². The molecule has 0 spiro atoms. The van der Waals surface area contributed by atoms with Crippen LogP contribution in [-0.4, -0.2) is 11.1 Å². The molecule has 25 heavy (non-hydrogen) atoms. The predicted molar refractivity (Wildman–Crippen MR) is 93.2 cm³/mol. The number of halogens is 1. The molecule has 2 bridgehead atoms. The first-order valence-electron chi connectivity index (χ1n) is 9.01. The zero-order valence-corrected chi connectivity index (χ0v) is 13.8. The second kappa shape index (κ2) is 5.32. The van der Waals surface area contributed by atoms with Gasteiger partial charge in [0.15, 0.2) is 0 Å². The van der Waals surface area contributed by atoms with Gasteiger partial charge in [-0.25, -0.2) is 9.18 Å². The third-order valence-electron chi connectivity index (χ3n) is 6.57. The summed E-state index contributed by atoms with van der Waals surface area (Å²) in [6.07, 6.45) is 3.58. The molecule has 3 aliphatic rings. The fraction of sp³-hybridized carbons (Fsp3) is 0.381. The second-order valence-corrected chi connectivity index (χ2v) is 7.69. The summed E-state index contributed by atoms with van der Waals surface area (Å²) in [5.41, 5.74) is 3.15. The molecule has 5 atom stereocenters. The van der Waals surface area contributed by atoms with Crippen LogP contribution < -0.4 is 5.32 Å². The van der Waals surface area contributed by atoms with Crippen LogP contribution in [-0.2, 0) is 0 Å². The summed E-state index contributed by atoms with van der Waals surface area (Å²) in [6, 6.07) is 12.3. The summed E-state index contributed by atoms with van der Waals surface area (Å²) in [5.74, 6) is 0.805. The summed E-state index contributed by atoms with van der Waals surface area (Å²) in [4.78, 5) is 11.4. The van der Waals surface area contributed by atoms with Gasteiger partial charge in [0.05, 0.1) is 11.6 Å². The molecule has 5 rings (SSSR count). The Bertz CT molecular complexity index is 865. The Morgan fingerprint density at radius 3 is 2.68 bits per heavy atom. The number of carboxylic acid groups (broad SMARTS) is 1. The number of carbonyl (C=O) groups is 1. The van der Waals surface area contributed by atoms with E-state index in [0.29, 0.717) is 29.2 Å². The minimum atomic E-state index is -0.890. The SMILES string of the molecule is O=C(O)c1ccc2c(c1)[C@H]1[C@H]3CC[C@H](C3)[C@H]1[C@H](c1ccccc1F)N2. The van der Waals surface area contributed by atoms with Crippen LogP contribution in [0.2, 0.25) is 0 Å². The van der Waals surface area contributed by atoms with Crippen molar-refractivity contribution in [2.75, 3.05) is 5.32 Å². The fourth-order valence-corrected chi connectivity index (χ4v) is 5.66. The van der Waals surface area contributed by atoms with Gasteiger partial charge in [0.1, 0.15) is 5.82 Å². The van der Waals surface area contributed by atoms with Gasteiger partial charge < -0.3 is 10.4 Å². The fourth-order valence-electron chi connectivity index (χ4n) is 5.66. The van der Waals surface area contributed by atoms with Crippen molar-refractivity contribution in [2.24, 2.45) is 17.8 Å². The number of benzene rings is 2. The number of aromatic carboxylic acids is 1. The van der Waals surface area contributed by atoms with Crippen molar-refractivity contribution in [3.05, 3.63) is 65.0 Å². The topological polar surface area (TPSA) is 49.3 Å². The minimum absolute atomic E-state index is 0.0373. The highest BCUT2D eigenvalue weighted by atomic mass is 19.1. The number of fused-ring (bicyclic) bond motifs is 7. The van der Waals surface area contributed by atoms with Crippen LogP contribution in [0.1, 0.15) is 52.7 Å². The maximum absolute atomic E-state index is 14.5. The van der Waals surface area contributed by atoms with Crippen molar-refractivity contribution in [3.8, 4) is 0 Å². The third-order valence-corrected chi connectivity index (χ3v) is 6.57. The van der Waals surface area contributed by atoms with Crippen LogP contribution in [0, 0.1) is 23.6 Å². The van der Waals surface area contributed by atoms with E-state index in [4.69, 9.17) is 0 Å². The first-order chi connectivity index (χ1) is 12.1. The number of anilines is 1. The Morgan fingerprint density at radius 2 is 1.88 bits per heavy atom. The highest BCUT2D eigenvalue weighted by Gasteiger charge is 2.54. The summed E-state index contributed by atoms with van der Waals surface area (Å²) >= 11 is 0. The molecule has 4 heteroatoms. The molecule has 128 valence electrons. The van der Waals surface area contributed by atoms with Crippen molar-refractivity contribution in [1.82, 2.24) is 0 Å². The van der Waals surface area contributed by atoms with Crippen molar-refractivity contribution < 1.29 is 14.3 Å². The zero-order valence-electron chi connectivity index (χ0n) is 13.8. The van der Waals surface area contributed by atoms with Crippen molar-refractivity contribution in [1.29, 1.82) is 0 Å². The zero-order chi connectivity index (χ0) is 17.1. The molecule has 2 aromatic carbocycles. The Labute approximate surface area is 145 Å². The largest absolute Gasteiger partial charge is 0.478 e. The third kappa shape index (κ3) is 2.13. The average Bonchev–Trinajstić information content (AvgIpc) is 3.23. The lowest BCUT2D eigenvalue weighted by atomic mass is 9.68. The molecule has 2 saturated carbocycles. The average molecular weight is 337 g/mol. The van der Waals surface area contributed by atoms with Gasteiger partial charge in [-0.2, -0.15) is 0 Å². The lowest BCUT2D eigenvalue weighted by Crippen LogP contribution is -2.36. The first-order valence-corrected chi connectivity index (χ1v) is 9.01. The standard InChI is InChI=1S/C21H20FNO2/c22-16-4-2-1-3-14(16)20-19-12-6-5-11(9-12)18(19)15-10-13(21(24)25)7-8-17(15)23-20/h1-4,7-8,10-12,18-20,23H,5-6,9H2,(H,24,25)/t11-,12+,18+,19+,20-/m0/s1. The van der Waals surface area contributed by atoms with Crippen molar-refractivity contribution in [2.45, 2.75) is 31.2 Å². The van der Waals surface area contributed by atoms with E-state index in [9.17, 15) is 14.3 Å². The summed E-state index contributed by atoms with van der Waals surface area (Å²) in [5, 5.41) is 12.9. The molecule has 0 amide bonds. The first kappa shape index (κ1) is 14.9. The van der Waals surface area contributed by atoms with Crippen LogP contribution in [0.25, 0.3) is 0 Å². The molecule has 0 radical (unpaired) electrons. The van der Waals surface area contributed by atoms with Gasteiger partial charge in [-0.05, 0) is 72.8 Å². The van der Waals surface area contributed by atoms with Crippen LogP contribution in [0.5, 0.6) is 0 Å². The maximum Gasteiger partial charge on any atom is 0.335 e. The van der Waals surface area contributed by atoms with E-state index in [0.717, 1.165) is 16.8 Å². The van der Waals surface area contributed by atoms with E-state index in [1.807, 2.05) is 24.3 Å². The van der Waals surface area contributed by atoms with E-state index >= 15 is 0 Å². The molecule has 2 aromatic rings. The lowest BCUT2D eigenvalue weighted by Gasteiger charge is -2.43. The molecule has 1 aliphatic heterocycles. The van der Waals surface area contributed by atoms with Gasteiger partial charge in [0.2, 0.25) is 0 Å². The van der Waals surface area contributed by atoms with Crippen molar-refractivity contribution >= 4 is 11.7 Å². The van der Waals surface area contributed by atoms with E-state index in [-0.39, 0.29) is 11.9 Å². The smallest absolute Gasteiger partial charge is 0.335 e. The van der Waals surface area contributed by atoms with Crippen LogP contribution in [0.15, 0.2) is 42.5 Å². The summed E-state index contributed by atoms with van der Waals surface area (Å²) < 4.78 is 14.5. The number of hydrogen-bond donors (Lipinski definition) is 2. The minimum Gasteiger partial charge on any atom is -0.478 e. The Morgan fingerprint density at radius 1 is 1.08 bits per heavy atom. The Balaban J connectivity index is 1.65. The van der Waals surface area contributed by atoms with Gasteiger partial charge in [0.25, 0.3) is 0 Å². The molecule has 2 fully saturated rings. The predicted octanol–water partition coefficient (Wildman–Crippen LogP) is 4.82. The molecule has 0 aromatic heterocycles. The molecule has 2 aliphatic carbocycles. The van der Waals surface area contributed by atoms with Crippen LogP contribution in [0.3, 0.4) is 0 Å². The highest BCUT2D eigenvalue weighted by molar-refractivity contribution is 5.88. The van der Waals surface area contributed by atoms with E-state index in [1.165, 1.54) is 25.3 Å². The monoisotopic (exact) mass is 337 g/mol. The molecule has 1 heterocycles. The lowest BCUT2D eigenvalue weighted by molar-refractivity contribution is 0.0696. The number of rotatable bonds is 2. The summed E-state index contributed by atoms with van der Waals surface area (Å²) in [7, 11) is 0. The maximum atomic E-state index is 14.5. The van der Waals surface area contributed by atoms with E-state index < -0.39 is 5.97 Å². The van der Waals surface area contributed by atoms with Gasteiger partial charge in [-0.1, -0.05) is 18.2 Å². The number of hydrogen-bond acceptors (Lipinski definition) is 2. The normalized spacial score (nSPS) is 32.0. The molecular formula is C21H20FNO2. The van der Waals surface area contributed by atoms with Crippen LogP contribution in [0.4, 0.5) is 10.1 Å². The molecule has 2 N–H and O–H groups in total. The van der Waals surface area contributed by atoms with E-state index in [2.05, 4.69) is 5.32 Å². The number of carboxylic acids is 1. The van der Waals surface area contributed by atoms with Gasteiger partial charge >= 0.3 is 5.97 Å². The molecule has 0 saturated heterocycles. The van der Waals surface area contributed by atoms with E-state index in [1.54, 1.807) is 12.1 Å². The summed E-state index contributed by atoms with van der Waals surface area (Å²) in [6.45, 7) is 0. The quantitative estimate of drug-likeness (QED) is 0.826.